The predicted molar refractivity (Wildman–Crippen MR) is 68.6 cm³/mol. The van der Waals surface area contributed by atoms with Crippen LogP contribution in [0.4, 0.5) is 5.69 Å². The summed E-state index contributed by atoms with van der Waals surface area (Å²) in [6.45, 7) is 2.51. The molecule has 0 aromatic carbocycles. The zero-order valence-corrected chi connectivity index (χ0v) is 10.9. The Kier molecular flexibility index (Phi) is 3.26. The van der Waals surface area contributed by atoms with E-state index in [4.69, 9.17) is 9.47 Å². The lowest BCUT2D eigenvalue weighted by atomic mass is 9.84. The summed E-state index contributed by atoms with van der Waals surface area (Å²) >= 11 is 0. The third kappa shape index (κ3) is 2.52. The van der Waals surface area contributed by atoms with Crippen LogP contribution in [-0.2, 0) is 16.5 Å². The topological polar surface area (TPSA) is 48.3 Å². The van der Waals surface area contributed by atoms with E-state index in [1.807, 2.05) is 24.1 Å². The summed E-state index contributed by atoms with van der Waals surface area (Å²) in [7, 11) is 1.94. The van der Waals surface area contributed by atoms with Crippen LogP contribution in [0, 0.1) is 0 Å². The quantitative estimate of drug-likeness (QED) is 0.866. The Morgan fingerprint density at radius 3 is 2.94 bits per heavy atom. The van der Waals surface area contributed by atoms with E-state index in [1.165, 1.54) is 0 Å². The van der Waals surface area contributed by atoms with Gasteiger partial charge < -0.3 is 14.8 Å². The van der Waals surface area contributed by atoms with Gasteiger partial charge in [0.25, 0.3) is 0 Å². The second-order valence-electron chi connectivity index (χ2n) is 5.38. The molecular formula is C13H21N3O2. The normalized spacial score (nSPS) is 27.3. The summed E-state index contributed by atoms with van der Waals surface area (Å²) in [5.74, 6) is 0. The molecule has 100 valence electrons. The van der Waals surface area contributed by atoms with Gasteiger partial charge in [0.2, 0.25) is 0 Å². The van der Waals surface area contributed by atoms with Gasteiger partial charge in [-0.2, -0.15) is 5.10 Å². The van der Waals surface area contributed by atoms with Crippen LogP contribution in [0.1, 0.15) is 25.7 Å². The number of nitrogens with zero attached hydrogens (tertiary/aromatic N) is 2. The van der Waals surface area contributed by atoms with Gasteiger partial charge >= 0.3 is 0 Å². The van der Waals surface area contributed by atoms with Crippen LogP contribution < -0.4 is 5.32 Å². The smallest absolute Gasteiger partial charge is 0.0745 e. The van der Waals surface area contributed by atoms with Crippen LogP contribution in [0.3, 0.4) is 0 Å². The number of rotatable bonds is 2. The monoisotopic (exact) mass is 251 g/mol. The molecule has 0 amide bonds. The summed E-state index contributed by atoms with van der Waals surface area (Å²) in [5.41, 5.74) is 1.16. The molecule has 0 radical (unpaired) electrons. The maximum Gasteiger partial charge on any atom is 0.0745 e. The van der Waals surface area contributed by atoms with Crippen LogP contribution in [0.25, 0.3) is 0 Å². The molecule has 2 aliphatic rings. The summed E-state index contributed by atoms with van der Waals surface area (Å²) in [6.07, 6.45) is 8.09. The van der Waals surface area contributed by atoms with E-state index in [-0.39, 0.29) is 5.60 Å². The zero-order valence-electron chi connectivity index (χ0n) is 10.9. The lowest BCUT2D eigenvalue weighted by Crippen LogP contribution is -2.47. The van der Waals surface area contributed by atoms with Gasteiger partial charge in [-0.05, 0) is 25.7 Å². The van der Waals surface area contributed by atoms with Gasteiger partial charge in [0.15, 0.2) is 0 Å². The molecule has 1 aromatic rings. The van der Waals surface area contributed by atoms with Crippen molar-refractivity contribution in [3.63, 3.8) is 0 Å². The summed E-state index contributed by atoms with van der Waals surface area (Å²) in [5, 5.41) is 7.76. The van der Waals surface area contributed by atoms with Crippen LogP contribution in [-0.4, -0.2) is 41.2 Å². The molecule has 1 spiro atoms. The van der Waals surface area contributed by atoms with Crippen molar-refractivity contribution in [2.75, 3.05) is 25.1 Å². The Balaban J connectivity index is 1.63. The Bertz CT molecular complexity index is 393. The molecule has 1 N–H and O–H groups in total. The Hall–Kier alpha value is -1.07. The van der Waals surface area contributed by atoms with Gasteiger partial charge in [-0.1, -0.05) is 0 Å². The average molecular weight is 251 g/mol. The van der Waals surface area contributed by atoms with Gasteiger partial charge in [-0.3, -0.25) is 4.68 Å². The van der Waals surface area contributed by atoms with Gasteiger partial charge in [-0.15, -0.1) is 0 Å². The highest BCUT2D eigenvalue weighted by atomic mass is 16.5. The molecule has 1 aromatic heterocycles. The first kappa shape index (κ1) is 12.0. The predicted octanol–water partition coefficient (Wildman–Crippen LogP) is 1.56. The molecule has 0 aliphatic carbocycles. The van der Waals surface area contributed by atoms with Crippen LogP contribution in [0.15, 0.2) is 12.4 Å². The Morgan fingerprint density at radius 1 is 1.39 bits per heavy atom. The molecule has 3 rings (SSSR count). The molecule has 2 aliphatic heterocycles. The maximum absolute atomic E-state index is 6.04. The van der Waals surface area contributed by atoms with E-state index in [9.17, 15) is 0 Å². The van der Waals surface area contributed by atoms with Crippen molar-refractivity contribution in [3.8, 4) is 0 Å². The molecule has 18 heavy (non-hydrogen) atoms. The average Bonchev–Trinajstić information content (AvgIpc) is 2.76. The zero-order chi connectivity index (χ0) is 12.4. The Labute approximate surface area is 107 Å². The minimum absolute atomic E-state index is 0.0520. The van der Waals surface area contributed by atoms with E-state index in [2.05, 4.69) is 10.4 Å². The van der Waals surface area contributed by atoms with Gasteiger partial charge in [0, 0.05) is 39.1 Å². The third-order valence-corrected chi connectivity index (χ3v) is 3.97. The second kappa shape index (κ2) is 4.90. The molecule has 1 atom stereocenters. The third-order valence-electron chi connectivity index (χ3n) is 3.97. The van der Waals surface area contributed by atoms with Crippen LogP contribution >= 0.6 is 0 Å². The first-order valence-electron chi connectivity index (χ1n) is 6.73. The van der Waals surface area contributed by atoms with Crippen molar-refractivity contribution in [2.24, 2.45) is 7.05 Å². The number of hydrogen-bond acceptors (Lipinski definition) is 4. The molecule has 3 heterocycles. The summed E-state index contributed by atoms with van der Waals surface area (Å²) in [6, 6.07) is 0.487. The minimum atomic E-state index is 0.0520. The van der Waals surface area contributed by atoms with Crippen LogP contribution in [0.2, 0.25) is 0 Å². The molecule has 1 unspecified atom stereocenters. The molecule has 5 heteroatoms. The number of anilines is 1. The SMILES string of the molecule is Cn1cc(NC2CCOC3(CCOCC3)C2)cn1. The largest absolute Gasteiger partial charge is 0.381 e. The van der Waals surface area contributed by atoms with E-state index >= 15 is 0 Å². The fraction of sp³-hybridized carbons (Fsp3) is 0.769. The fourth-order valence-corrected chi connectivity index (χ4v) is 2.97. The number of nitrogens with one attached hydrogen (secondary N) is 1. The van der Waals surface area contributed by atoms with Crippen LogP contribution in [0.5, 0.6) is 0 Å². The highest BCUT2D eigenvalue weighted by molar-refractivity contribution is 5.39. The Morgan fingerprint density at radius 2 is 2.22 bits per heavy atom. The first-order valence-corrected chi connectivity index (χ1v) is 6.73. The molecule has 2 fully saturated rings. The maximum atomic E-state index is 6.04. The molecule has 5 nitrogen and oxygen atoms in total. The molecule has 2 saturated heterocycles. The van der Waals surface area contributed by atoms with Crippen molar-refractivity contribution in [1.29, 1.82) is 0 Å². The van der Waals surface area contributed by atoms with Gasteiger partial charge in [0.05, 0.1) is 17.5 Å². The van der Waals surface area contributed by atoms with Crippen molar-refractivity contribution >= 4 is 5.69 Å². The van der Waals surface area contributed by atoms with E-state index < -0.39 is 0 Å². The first-order chi connectivity index (χ1) is 8.76. The van der Waals surface area contributed by atoms with Crippen molar-refractivity contribution < 1.29 is 9.47 Å². The highest BCUT2D eigenvalue weighted by Gasteiger charge is 2.38. The van der Waals surface area contributed by atoms with Crippen molar-refractivity contribution in [3.05, 3.63) is 12.4 Å². The number of ether oxygens (including phenoxy) is 2. The van der Waals surface area contributed by atoms with E-state index in [1.54, 1.807) is 0 Å². The van der Waals surface area contributed by atoms with E-state index in [0.29, 0.717) is 6.04 Å². The fourth-order valence-electron chi connectivity index (χ4n) is 2.97. The van der Waals surface area contributed by atoms with E-state index in [0.717, 1.165) is 51.2 Å². The molecule has 0 saturated carbocycles. The molecule has 0 bridgehead atoms. The lowest BCUT2D eigenvalue weighted by Gasteiger charge is -2.43. The number of aromatic nitrogens is 2. The van der Waals surface area contributed by atoms with Crippen molar-refractivity contribution in [1.82, 2.24) is 9.78 Å². The summed E-state index contributed by atoms with van der Waals surface area (Å²) in [4.78, 5) is 0. The standard InChI is InChI=1S/C13H21N3O2/c1-16-10-12(9-14-16)15-11-2-5-18-13(8-11)3-6-17-7-4-13/h9-11,15H,2-8H2,1H3. The number of aryl methyl sites for hydroxylation is 1. The van der Waals surface area contributed by atoms with Gasteiger partial charge in [-0.25, -0.2) is 0 Å². The second-order valence-corrected chi connectivity index (χ2v) is 5.38. The van der Waals surface area contributed by atoms with Crippen molar-refractivity contribution in [2.45, 2.75) is 37.3 Å². The molecular weight excluding hydrogens is 230 g/mol. The highest BCUT2D eigenvalue weighted by Crippen LogP contribution is 2.35. The van der Waals surface area contributed by atoms with Gasteiger partial charge in [0.1, 0.15) is 0 Å². The number of hydrogen-bond donors (Lipinski definition) is 1. The minimum Gasteiger partial charge on any atom is -0.381 e. The summed E-state index contributed by atoms with van der Waals surface area (Å²) < 4.78 is 13.3. The lowest BCUT2D eigenvalue weighted by molar-refractivity contribution is -0.135.